The summed E-state index contributed by atoms with van der Waals surface area (Å²) in [7, 11) is -2.32. The largest absolute Gasteiger partial charge is 0.497 e. The Bertz CT molecular complexity index is 1160. The maximum atomic E-state index is 12.9. The highest BCUT2D eigenvalue weighted by atomic mass is 32.2. The van der Waals surface area contributed by atoms with E-state index in [4.69, 9.17) is 9.47 Å². The molecule has 0 atom stereocenters. The quantitative estimate of drug-likeness (QED) is 0.549. The highest BCUT2D eigenvalue weighted by molar-refractivity contribution is 7.92. The van der Waals surface area contributed by atoms with E-state index < -0.39 is 15.9 Å². The molecular formula is C23H24N2O5S. The predicted octanol–water partition coefficient (Wildman–Crippen LogP) is 4.13. The monoisotopic (exact) mass is 440 g/mol. The summed E-state index contributed by atoms with van der Waals surface area (Å²) < 4.78 is 38.8. The van der Waals surface area contributed by atoms with Crippen LogP contribution >= 0.6 is 0 Å². The van der Waals surface area contributed by atoms with Gasteiger partial charge in [0.2, 0.25) is 0 Å². The van der Waals surface area contributed by atoms with Crippen molar-refractivity contribution in [3.63, 3.8) is 0 Å². The van der Waals surface area contributed by atoms with Gasteiger partial charge in [-0.15, -0.1) is 0 Å². The molecule has 0 unspecified atom stereocenters. The van der Waals surface area contributed by atoms with E-state index in [0.717, 1.165) is 5.56 Å². The first-order chi connectivity index (χ1) is 14.8. The van der Waals surface area contributed by atoms with Crippen molar-refractivity contribution in [2.24, 2.45) is 0 Å². The third kappa shape index (κ3) is 5.99. The van der Waals surface area contributed by atoms with Crippen molar-refractivity contribution < 1.29 is 22.7 Å². The van der Waals surface area contributed by atoms with Gasteiger partial charge in [0.1, 0.15) is 11.5 Å². The molecule has 3 aromatic carbocycles. The third-order valence-corrected chi connectivity index (χ3v) is 6.02. The van der Waals surface area contributed by atoms with Gasteiger partial charge in [0.05, 0.1) is 12.0 Å². The Morgan fingerprint density at radius 1 is 0.871 bits per heavy atom. The van der Waals surface area contributed by atoms with Crippen molar-refractivity contribution in [3.05, 3.63) is 77.9 Å². The molecule has 0 aromatic heterocycles. The molecular weight excluding hydrogens is 416 g/mol. The van der Waals surface area contributed by atoms with Crippen LogP contribution in [-0.4, -0.2) is 28.0 Å². The lowest BCUT2D eigenvalue weighted by Crippen LogP contribution is -2.21. The lowest BCUT2D eigenvalue weighted by atomic mass is 10.2. The van der Waals surface area contributed by atoms with Crippen LogP contribution < -0.4 is 19.5 Å². The van der Waals surface area contributed by atoms with Gasteiger partial charge in [-0.25, -0.2) is 8.42 Å². The van der Waals surface area contributed by atoms with Crippen molar-refractivity contribution in [3.8, 4) is 11.5 Å². The fourth-order valence-corrected chi connectivity index (χ4v) is 4.15. The minimum Gasteiger partial charge on any atom is -0.497 e. The van der Waals surface area contributed by atoms with Crippen molar-refractivity contribution in [2.45, 2.75) is 18.7 Å². The molecule has 0 aliphatic heterocycles. The molecule has 2 N–H and O–H groups in total. The number of carbonyl (C=O) groups excluding carboxylic acids is 1. The van der Waals surface area contributed by atoms with Crippen LogP contribution in [0.4, 0.5) is 11.4 Å². The maximum absolute atomic E-state index is 12.9. The van der Waals surface area contributed by atoms with Gasteiger partial charge in [0, 0.05) is 11.4 Å². The number of benzene rings is 3. The Hall–Kier alpha value is -3.52. The van der Waals surface area contributed by atoms with E-state index in [1.54, 1.807) is 55.5 Å². The molecule has 0 saturated heterocycles. The number of sulfonamides is 1. The van der Waals surface area contributed by atoms with E-state index in [2.05, 4.69) is 10.0 Å². The van der Waals surface area contributed by atoms with Gasteiger partial charge in [0.25, 0.3) is 15.9 Å². The second kappa shape index (κ2) is 9.53. The smallest absolute Gasteiger partial charge is 0.262 e. The number of hydrogen-bond donors (Lipinski definition) is 2. The van der Waals surface area contributed by atoms with Crippen LogP contribution in [0, 0.1) is 13.8 Å². The van der Waals surface area contributed by atoms with E-state index >= 15 is 0 Å². The second-order valence-corrected chi connectivity index (χ2v) is 8.62. The van der Waals surface area contributed by atoms with Crippen LogP contribution in [0.5, 0.6) is 11.5 Å². The van der Waals surface area contributed by atoms with Crippen molar-refractivity contribution in [1.82, 2.24) is 0 Å². The minimum atomic E-state index is -3.85. The van der Waals surface area contributed by atoms with Crippen LogP contribution in [-0.2, 0) is 14.8 Å². The number of aryl methyl sites for hydroxylation is 2. The van der Waals surface area contributed by atoms with E-state index in [1.165, 1.54) is 13.2 Å². The first kappa shape index (κ1) is 22.2. The van der Waals surface area contributed by atoms with Crippen LogP contribution in [0.1, 0.15) is 11.1 Å². The Kier molecular flexibility index (Phi) is 6.81. The van der Waals surface area contributed by atoms with Gasteiger partial charge < -0.3 is 14.8 Å². The fourth-order valence-electron chi connectivity index (χ4n) is 2.82. The molecule has 0 radical (unpaired) electrons. The van der Waals surface area contributed by atoms with E-state index in [-0.39, 0.29) is 11.5 Å². The lowest BCUT2D eigenvalue weighted by molar-refractivity contribution is -0.118. The van der Waals surface area contributed by atoms with Gasteiger partial charge in [-0.05, 0) is 67.9 Å². The molecule has 162 valence electrons. The first-order valence-corrected chi connectivity index (χ1v) is 11.0. The fraction of sp³-hybridized carbons (Fsp3) is 0.174. The highest BCUT2D eigenvalue weighted by Crippen LogP contribution is 2.24. The lowest BCUT2D eigenvalue weighted by Gasteiger charge is -2.13. The molecule has 7 nitrogen and oxygen atoms in total. The van der Waals surface area contributed by atoms with Crippen LogP contribution in [0.3, 0.4) is 0 Å². The van der Waals surface area contributed by atoms with E-state index in [9.17, 15) is 13.2 Å². The normalized spacial score (nSPS) is 10.9. The van der Waals surface area contributed by atoms with Gasteiger partial charge in [0.15, 0.2) is 6.61 Å². The Balaban J connectivity index is 1.69. The number of carbonyl (C=O) groups is 1. The van der Waals surface area contributed by atoms with Gasteiger partial charge in [-0.3, -0.25) is 9.52 Å². The van der Waals surface area contributed by atoms with Gasteiger partial charge >= 0.3 is 0 Å². The minimum absolute atomic E-state index is 0.0700. The number of nitrogens with one attached hydrogen (secondary N) is 2. The number of rotatable bonds is 8. The first-order valence-electron chi connectivity index (χ1n) is 9.54. The number of methoxy groups -OCH3 is 1. The van der Waals surface area contributed by atoms with Gasteiger partial charge in [-0.2, -0.15) is 0 Å². The topological polar surface area (TPSA) is 93.7 Å². The molecule has 0 heterocycles. The van der Waals surface area contributed by atoms with Crippen LogP contribution in [0.25, 0.3) is 0 Å². The average molecular weight is 441 g/mol. The average Bonchev–Trinajstić information content (AvgIpc) is 2.75. The van der Waals surface area contributed by atoms with Gasteiger partial charge in [-0.1, -0.05) is 23.8 Å². The summed E-state index contributed by atoms with van der Waals surface area (Å²) in [5.74, 6) is 0.809. The summed E-state index contributed by atoms with van der Waals surface area (Å²) in [6.07, 6.45) is 0. The van der Waals surface area contributed by atoms with E-state index in [0.29, 0.717) is 28.4 Å². The number of ether oxygens (including phenoxy) is 2. The summed E-state index contributed by atoms with van der Waals surface area (Å²) >= 11 is 0. The molecule has 3 aromatic rings. The molecule has 0 saturated carbocycles. The van der Waals surface area contributed by atoms with E-state index in [1.807, 2.05) is 19.1 Å². The molecule has 8 heteroatoms. The Morgan fingerprint density at radius 2 is 1.48 bits per heavy atom. The standard InChI is InChI=1S/C23H24N2O5S/c1-16-4-10-21(11-5-16)30-15-23(26)24-19-7-6-17(2)22(14-19)31(27,28)25-18-8-12-20(29-3)13-9-18/h4-14,25H,15H2,1-3H3,(H,24,26). The Morgan fingerprint density at radius 3 is 2.13 bits per heavy atom. The molecule has 3 rings (SSSR count). The zero-order chi connectivity index (χ0) is 22.4. The number of anilines is 2. The summed E-state index contributed by atoms with van der Waals surface area (Å²) in [4.78, 5) is 12.3. The molecule has 0 bridgehead atoms. The second-order valence-electron chi connectivity index (χ2n) is 6.96. The molecule has 31 heavy (non-hydrogen) atoms. The molecule has 0 spiro atoms. The zero-order valence-corrected chi connectivity index (χ0v) is 18.3. The molecule has 0 aliphatic carbocycles. The van der Waals surface area contributed by atoms with Crippen molar-refractivity contribution in [1.29, 1.82) is 0 Å². The SMILES string of the molecule is COc1ccc(NS(=O)(=O)c2cc(NC(=O)COc3ccc(C)cc3)ccc2C)cc1. The summed E-state index contributed by atoms with van der Waals surface area (Å²) in [5.41, 5.74) is 2.41. The Labute approximate surface area is 182 Å². The zero-order valence-electron chi connectivity index (χ0n) is 17.5. The summed E-state index contributed by atoms with van der Waals surface area (Å²) in [6.45, 7) is 3.46. The number of hydrogen-bond acceptors (Lipinski definition) is 5. The molecule has 1 amide bonds. The number of amides is 1. The predicted molar refractivity (Wildman–Crippen MR) is 120 cm³/mol. The summed E-state index contributed by atoms with van der Waals surface area (Å²) in [5, 5.41) is 2.67. The van der Waals surface area contributed by atoms with Crippen molar-refractivity contribution >= 4 is 27.3 Å². The van der Waals surface area contributed by atoms with Crippen LogP contribution in [0.2, 0.25) is 0 Å². The maximum Gasteiger partial charge on any atom is 0.262 e. The molecule has 0 fully saturated rings. The van der Waals surface area contributed by atoms with Crippen LogP contribution in [0.15, 0.2) is 71.6 Å². The molecule has 0 aliphatic rings. The summed E-state index contributed by atoms with van der Waals surface area (Å²) in [6, 6.07) is 18.6. The third-order valence-electron chi connectivity index (χ3n) is 4.49. The highest BCUT2D eigenvalue weighted by Gasteiger charge is 2.18. The van der Waals surface area contributed by atoms with Crippen molar-refractivity contribution in [2.75, 3.05) is 23.8 Å².